The molecule has 0 aliphatic carbocycles. The fraction of sp³-hybridized carbons (Fsp3) is 0.500. The normalized spacial score (nSPS) is 16.3. The Balaban J connectivity index is 2.32. The van der Waals surface area contributed by atoms with Crippen LogP contribution in [0.1, 0.15) is 23.6 Å². The molecule has 0 bridgehead atoms. The number of rotatable bonds is 4. The lowest BCUT2D eigenvalue weighted by Gasteiger charge is -2.24. The topological polar surface area (TPSA) is 43.8 Å². The van der Waals surface area contributed by atoms with Gasteiger partial charge in [0, 0.05) is 25.4 Å². The average Bonchev–Trinajstić information content (AvgIpc) is 2.61. The van der Waals surface area contributed by atoms with Crippen molar-refractivity contribution in [2.45, 2.75) is 18.9 Å². The molecule has 1 unspecified atom stereocenters. The van der Waals surface area contributed by atoms with Crippen LogP contribution in [0.3, 0.4) is 0 Å². The smallest absolute Gasteiger partial charge is 0.231 e. The van der Waals surface area contributed by atoms with Gasteiger partial charge < -0.3 is 14.9 Å². The number of hydrogen-bond acceptors (Lipinski definition) is 3. The molecule has 0 fully saturated rings. The van der Waals surface area contributed by atoms with Crippen molar-refractivity contribution >= 4 is 11.6 Å². The molecule has 1 atom stereocenters. The van der Waals surface area contributed by atoms with E-state index >= 15 is 0 Å². The lowest BCUT2D eigenvalue weighted by Crippen LogP contribution is -2.21. The van der Waals surface area contributed by atoms with Gasteiger partial charge in [-0.15, -0.1) is 0 Å². The number of carbonyl (C=O) groups excluding carboxylic acids is 1. The monoisotopic (exact) mass is 248 g/mol. The number of hydrogen-bond donors (Lipinski definition) is 1. The summed E-state index contributed by atoms with van der Waals surface area (Å²) >= 11 is 0. The van der Waals surface area contributed by atoms with Crippen molar-refractivity contribution in [2.24, 2.45) is 0 Å². The maximum Gasteiger partial charge on any atom is 0.231 e. The summed E-state index contributed by atoms with van der Waals surface area (Å²) in [7, 11) is 5.82. The molecule has 1 aromatic carbocycles. The molecule has 0 saturated carbocycles. The summed E-state index contributed by atoms with van der Waals surface area (Å²) in [4.78, 5) is 15.4. The van der Waals surface area contributed by atoms with Crippen LogP contribution in [0.15, 0.2) is 18.2 Å². The SMILES string of the molecule is CN1C(=O)Cc2cc(C(CCO)N(C)C)ccc21. The number of likely N-dealkylation sites (N-methyl/N-ethyl adjacent to an activating group) is 1. The van der Waals surface area contributed by atoms with E-state index in [1.54, 1.807) is 4.90 Å². The highest BCUT2D eigenvalue weighted by Crippen LogP contribution is 2.32. The highest BCUT2D eigenvalue weighted by Gasteiger charge is 2.25. The van der Waals surface area contributed by atoms with Crippen molar-refractivity contribution in [3.8, 4) is 0 Å². The molecule has 1 heterocycles. The third-order valence-corrected chi connectivity index (χ3v) is 3.59. The number of amides is 1. The molecule has 4 nitrogen and oxygen atoms in total. The van der Waals surface area contributed by atoms with Crippen LogP contribution in [-0.4, -0.2) is 43.7 Å². The zero-order chi connectivity index (χ0) is 13.3. The highest BCUT2D eigenvalue weighted by molar-refractivity contribution is 6.00. The van der Waals surface area contributed by atoms with Gasteiger partial charge in [0.1, 0.15) is 0 Å². The highest BCUT2D eigenvalue weighted by atomic mass is 16.3. The van der Waals surface area contributed by atoms with Gasteiger partial charge in [-0.25, -0.2) is 0 Å². The van der Waals surface area contributed by atoms with Crippen molar-refractivity contribution < 1.29 is 9.90 Å². The molecule has 1 N–H and O–H groups in total. The number of anilines is 1. The van der Waals surface area contributed by atoms with Crippen LogP contribution in [0.4, 0.5) is 5.69 Å². The molecule has 0 aromatic heterocycles. The van der Waals surface area contributed by atoms with E-state index in [0.717, 1.165) is 16.8 Å². The quantitative estimate of drug-likeness (QED) is 0.870. The van der Waals surface area contributed by atoms with Gasteiger partial charge in [0.05, 0.1) is 6.42 Å². The fourth-order valence-corrected chi connectivity index (χ4v) is 2.54. The van der Waals surface area contributed by atoms with Crippen LogP contribution in [0, 0.1) is 0 Å². The first kappa shape index (κ1) is 13.1. The van der Waals surface area contributed by atoms with Crippen LogP contribution in [0.2, 0.25) is 0 Å². The summed E-state index contributed by atoms with van der Waals surface area (Å²) in [6.45, 7) is 0.165. The zero-order valence-electron chi connectivity index (χ0n) is 11.2. The third kappa shape index (κ3) is 2.26. The summed E-state index contributed by atoms with van der Waals surface area (Å²) in [6, 6.07) is 6.34. The number of fused-ring (bicyclic) bond motifs is 1. The van der Waals surface area contributed by atoms with E-state index in [1.165, 1.54) is 0 Å². The minimum Gasteiger partial charge on any atom is -0.396 e. The van der Waals surface area contributed by atoms with E-state index in [4.69, 9.17) is 5.11 Å². The molecule has 98 valence electrons. The second-order valence-electron chi connectivity index (χ2n) is 5.01. The molecule has 1 aliphatic rings. The van der Waals surface area contributed by atoms with E-state index in [0.29, 0.717) is 12.8 Å². The van der Waals surface area contributed by atoms with Crippen LogP contribution in [0.5, 0.6) is 0 Å². The Morgan fingerprint density at radius 1 is 1.44 bits per heavy atom. The molecule has 18 heavy (non-hydrogen) atoms. The predicted octanol–water partition coefficient (Wildman–Crippen LogP) is 1.19. The summed E-state index contributed by atoms with van der Waals surface area (Å²) in [6.07, 6.45) is 1.19. The molecule has 1 amide bonds. The number of aliphatic hydroxyl groups is 1. The van der Waals surface area contributed by atoms with Gasteiger partial charge in [-0.3, -0.25) is 4.79 Å². The van der Waals surface area contributed by atoms with E-state index in [1.807, 2.05) is 33.3 Å². The van der Waals surface area contributed by atoms with Crippen molar-refractivity contribution in [1.29, 1.82) is 0 Å². The largest absolute Gasteiger partial charge is 0.396 e. The molecule has 2 rings (SSSR count). The average molecular weight is 248 g/mol. The molecule has 4 heteroatoms. The molecular weight excluding hydrogens is 228 g/mol. The van der Waals surface area contributed by atoms with Gasteiger partial charge in [0.25, 0.3) is 0 Å². The molecule has 1 aromatic rings. The molecule has 0 spiro atoms. The van der Waals surface area contributed by atoms with Crippen LogP contribution < -0.4 is 4.90 Å². The Labute approximate surface area is 108 Å². The first-order valence-corrected chi connectivity index (χ1v) is 6.21. The number of benzene rings is 1. The first-order valence-electron chi connectivity index (χ1n) is 6.21. The Morgan fingerprint density at radius 3 is 2.78 bits per heavy atom. The summed E-state index contributed by atoms with van der Waals surface area (Å²) in [5.41, 5.74) is 3.26. The molecule has 0 saturated heterocycles. The number of carbonyl (C=O) groups is 1. The van der Waals surface area contributed by atoms with Crippen LogP contribution in [0.25, 0.3) is 0 Å². The minimum absolute atomic E-state index is 0.144. The zero-order valence-corrected chi connectivity index (χ0v) is 11.2. The van der Waals surface area contributed by atoms with E-state index < -0.39 is 0 Å². The fourth-order valence-electron chi connectivity index (χ4n) is 2.54. The number of aliphatic hydroxyl groups excluding tert-OH is 1. The van der Waals surface area contributed by atoms with E-state index in [2.05, 4.69) is 11.0 Å². The van der Waals surface area contributed by atoms with Crippen LogP contribution >= 0.6 is 0 Å². The Morgan fingerprint density at radius 2 is 2.17 bits per heavy atom. The summed E-state index contributed by atoms with van der Waals surface area (Å²) < 4.78 is 0. The van der Waals surface area contributed by atoms with Gasteiger partial charge >= 0.3 is 0 Å². The Bertz CT molecular complexity index is 457. The number of nitrogens with zero attached hydrogens (tertiary/aromatic N) is 2. The lowest BCUT2D eigenvalue weighted by atomic mass is 9.99. The second-order valence-corrected chi connectivity index (χ2v) is 5.01. The standard InChI is InChI=1S/C14H20N2O2/c1-15(2)12(6-7-17)10-4-5-13-11(8-10)9-14(18)16(13)3/h4-5,8,12,17H,6-7,9H2,1-3H3. The second kappa shape index (κ2) is 5.08. The maximum atomic E-state index is 11.6. The summed E-state index contributed by atoms with van der Waals surface area (Å²) in [5, 5.41) is 9.14. The Hall–Kier alpha value is -1.39. The molecule has 0 radical (unpaired) electrons. The van der Waals surface area contributed by atoms with Gasteiger partial charge in [-0.2, -0.15) is 0 Å². The van der Waals surface area contributed by atoms with Crippen LogP contribution in [-0.2, 0) is 11.2 Å². The molecular formula is C14H20N2O2. The van der Waals surface area contributed by atoms with Crippen molar-refractivity contribution in [3.63, 3.8) is 0 Å². The minimum atomic E-state index is 0.144. The van der Waals surface area contributed by atoms with Gasteiger partial charge in [0.2, 0.25) is 5.91 Å². The van der Waals surface area contributed by atoms with Crippen molar-refractivity contribution in [1.82, 2.24) is 4.90 Å². The first-order chi connectivity index (χ1) is 8.54. The van der Waals surface area contributed by atoms with Gasteiger partial charge in [0.15, 0.2) is 0 Å². The van der Waals surface area contributed by atoms with Crippen molar-refractivity contribution in [2.75, 3.05) is 32.6 Å². The lowest BCUT2D eigenvalue weighted by molar-refractivity contribution is -0.117. The van der Waals surface area contributed by atoms with E-state index in [9.17, 15) is 4.79 Å². The predicted molar refractivity (Wildman–Crippen MR) is 71.7 cm³/mol. The van der Waals surface area contributed by atoms with E-state index in [-0.39, 0.29) is 18.6 Å². The maximum absolute atomic E-state index is 11.6. The Kier molecular flexibility index (Phi) is 3.68. The van der Waals surface area contributed by atoms with Gasteiger partial charge in [-0.1, -0.05) is 12.1 Å². The summed E-state index contributed by atoms with van der Waals surface area (Å²) in [5.74, 6) is 0.144. The van der Waals surface area contributed by atoms with Gasteiger partial charge in [-0.05, 0) is 37.7 Å². The molecule has 1 aliphatic heterocycles. The van der Waals surface area contributed by atoms with Crippen molar-refractivity contribution in [3.05, 3.63) is 29.3 Å². The third-order valence-electron chi connectivity index (χ3n) is 3.59.